The summed E-state index contributed by atoms with van der Waals surface area (Å²) in [5.74, 6) is 0.412. The van der Waals surface area contributed by atoms with E-state index < -0.39 is 0 Å². The lowest BCUT2D eigenvalue weighted by molar-refractivity contribution is 0.0987. The summed E-state index contributed by atoms with van der Waals surface area (Å²) in [6.45, 7) is 2.30. The summed E-state index contributed by atoms with van der Waals surface area (Å²) in [5.41, 5.74) is 1.73. The van der Waals surface area contributed by atoms with E-state index in [-0.39, 0.29) is 11.7 Å². The van der Waals surface area contributed by atoms with Crippen molar-refractivity contribution in [3.8, 4) is 0 Å². The van der Waals surface area contributed by atoms with Crippen molar-refractivity contribution in [2.24, 2.45) is 0 Å². The van der Waals surface area contributed by atoms with Gasteiger partial charge in [0, 0.05) is 16.6 Å². The average molecular weight is 361 g/mol. The van der Waals surface area contributed by atoms with Gasteiger partial charge in [-0.3, -0.25) is 4.79 Å². The molecule has 3 rings (SSSR count). The number of carbonyl (C=O) groups excluding carboxylic acids is 1. The van der Waals surface area contributed by atoms with E-state index in [0.717, 1.165) is 10.0 Å². The maximum atomic E-state index is 12.1. The molecule has 1 aromatic carbocycles. The summed E-state index contributed by atoms with van der Waals surface area (Å²) in [4.78, 5) is 12.1. The molecule has 1 N–H and O–H groups in total. The molecule has 6 nitrogen and oxygen atoms in total. The Kier molecular flexibility index (Phi) is 4.06. The van der Waals surface area contributed by atoms with E-state index in [4.69, 9.17) is 4.52 Å². The van der Waals surface area contributed by atoms with Crippen LogP contribution in [0.2, 0.25) is 0 Å². The van der Waals surface area contributed by atoms with Gasteiger partial charge in [0.1, 0.15) is 5.82 Å². The molecule has 2 heterocycles. The van der Waals surface area contributed by atoms with E-state index in [2.05, 4.69) is 31.5 Å². The number of halogens is 1. The number of aromatic nitrogens is 3. The van der Waals surface area contributed by atoms with Crippen LogP contribution in [0.1, 0.15) is 21.8 Å². The normalized spacial score (nSPS) is 10.6. The fraction of sp³-hybridized carbons (Fsp3) is 0.133. The second-order valence-electron chi connectivity index (χ2n) is 4.75. The highest BCUT2D eigenvalue weighted by Crippen LogP contribution is 2.19. The van der Waals surface area contributed by atoms with E-state index in [1.165, 1.54) is 0 Å². The molecule has 0 bridgehead atoms. The van der Waals surface area contributed by atoms with Gasteiger partial charge < -0.3 is 9.84 Å². The molecular weight excluding hydrogens is 348 g/mol. The van der Waals surface area contributed by atoms with Crippen molar-refractivity contribution in [2.45, 2.75) is 13.5 Å². The van der Waals surface area contributed by atoms with Gasteiger partial charge >= 0.3 is 0 Å². The second-order valence-corrected chi connectivity index (χ2v) is 5.61. The first-order valence-electron chi connectivity index (χ1n) is 6.63. The molecule has 0 saturated heterocycles. The van der Waals surface area contributed by atoms with Crippen LogP contribution in [0, 0.1) is 6.92 Å². The first kappa shape index (κ1) is 14.5. The van der Waals surface area contributed by atoms with Gasteiger partial charge in [-0.1, -0.05) is 39.3 Å². The Morgan fingerprint density at radius 3 is 2.91 bits per heavy atom. The van der Waals surface area contributed by atoms with Gasteiger partial charge in [0.25, 0.3) is 5.91 Å². The topological polar surface area (TPSA) is 73.0 Å². The monoisotopic (exact) mass is 360 g/mol. The Balaban J connectivity index is 1.78. The van der Waals surface area contributed by atoms with Crippen molar-refractivity contribution in [1.82, 2.24) is 14.9 Å². The van der Waals surface area contributed by atoms with Crippen LogP contribution in [0.3, 0.4) is 0 Å². The largest absolute Gasteiger partial charge is 0.351 e. The predicted molar refractivity (Wildman–Crippen MR) is 84.7 cm³/mol. The zero-order chi connectivity index (χ0) is 15.5. The quantitative estimate of drug-likeness (QED) is 0.774. The van der Waals surface area contributed by atoms with Gasteiger partial charge in [-0.2, -0.15) is 5.10 Å². The van der Waals surface area contributed by atoms with Gasteiger partial charge in [-0.05, 0) is 18.6 Å². The number of anilines is 1. The Hall–Kier alpha value is -2.41. The Labute approximate surface area is 135 Å². The molecule has 0 saturated carbocycles. The van der Waals surface area contributed by atoms with E-state index in [9.17, 15) is 4.79 Å². The van der Waals surface area contributed by atoms with Crippen molar-refractivity contribution in [1.29, 1.82) is 0 Å². The summed E-state index contributed by atoms with van der Waals surface area (Å²) < 4.78 is 7.66. The molecule has 3 aromatic rings. The van der Waals surface area contributed by atoms with Gasteiger partial charge in [0.15, 0.2) is 0 Å². The highest BCUT2D eigenvalue weighted by molar-refractivity contribution is 9.10. The average Bonchev–Trinajstić information content (AvgIpc) is 3.11. The summed E-state index contributed by atoms with van der Waals surface area (Å²) in [7, 11) is 0. The van der Waals surface area contributed by atoms with E-state index in [1.807, 2.05) is 24.3 Å². The molecule has 0 fully saturated rings. The number of benzene rings is 1. The van der Waals surface area contributed by atoms with Gasteiger partial charge in [0.05, 0.1) is 18.4 Å². The van der Waals surface area contributed by atoms with Crippen molar-refractivity contribution in [2.75, 3.05) is 5.32 Å². The molecule has 0 aliphatic heterocycles. The molecular formula is C15H13BrN4O2. The minimum absolute atomic E-state index is 0.172. The van der Waals surface area contributed by atoms with Gasteiger partial charge in [-0.15, -0.1) is 0 Å². The summed E-state index contributed by atoms with van der Waals surface area (Å²) >= 11 is 3.51. The van der Waals surface area contributed by atoms with Crippen molar-refractivity contribution in [3.63, 3.8) is 0 Å². The van der Waals surface area contributed by atoms with Crippen LogP contribution >= 0.6 is 15.9 Å². The summed E-state index contributed by atoms with van der Waals surface area (Å²) in [5, 5.41) is 10.7. The number of hydrogen-bond donors (Lipinski definition) is 1. The Bertz CT molecular complexity index is 809. The molecule has 0 aliphatic rings. The standard InChI is InChI=1S/C15H13BrN4O2/c1-10-8-13(22-19-10)15(21)18-14-6-7-17-20(14)9-11-4-2-3-5-12(11)16/h2-8H,9H2,1H3,(H,18,21). The molecule has 0 spiro atoms. The lowest BCUT2D eigenvalue weighted by Crippen LogP contribution is -2.15. The minimum atomic E-state index is -0.352. The SMILES string of the molecule is Cc1cc(C(=O)Nc2ccnn2Cc2ccccc2Br)on1. The number of hydrogen-bond acceptors (Lipinski definition) is 4. The third kappa shape index (κ3) is 3.09. The first-order chi connectivity index (χ1) is 10.6. The number of rotatable bonds is 4. The zero-order valence-corrected chi connectivity index (χ0v) is 13.4. The van der Waals surface area contributed by atoms with Crippen LogP contribution in [-0.4, -0.2) is 20.8 Å². The molecule has 2 aromatic heterocycles. The number of nitrogens with zero attached hydrogens (tertiary/aromatic N) is 3. The second kappa shape index (κ2) is 6.15. The number of amides is 1. The van der Waals surface area contributed by atoms with E-state index in [0.29, 0.717) is 18.1 Å². The fourth-order valence-corrected chi connectivity index (χ4v) is 2.41. The predicted octanol–water partition coefficient (Wildman–Crippen LogP) is 3.24. The van der Waals surface area contributed by atoms with Crippen LogP contribution in [0.5, 0.6) is 0 Å². The van der Waals surface area contributed by atoms with Gasteiger partial charge in [-0.25, -0.2) is 4.68 Å². The maximum Gasteiger partial charge on any atom is 0.295 e. The van der Waals surface area contributed by atoms with Crippen molar-refractivity contribution < 1.29 is 9.32 Å². The van der Waals surface area contributed by atoms with Crippen LogP contribution in [-0.2, 0) is 6.54 Å². The lowest BCUT2D eigenvalue weighted by Gasteiger charge is -2.09. The highest BCUT2D eigenvalue weighted by Gasteiger charge is 2.14. The number of carbonyl (C=O) groups is 1. The van der Waals surface area contributed by atoms with Crippen molar-refractivity contribution in [3.05, 3.63) is 64.1 Å². The number of nitrogens with one attached hydrogen (secondary N) is 1. The molecule has 0 unspecified atom stereocenters. The van der Waals surface area contributed by atoms with Gasteiger partial charge in [0.2, 0.25) is 5.76 Å². The molecule has 0 radical (unpaired) electrons. The highest BCUT2D eigenvalue weighted by atomic mass is 79.9. The third-order valence-electron chi connectivity index (χ3n) is 3.09. The van der Waals surface area contributed by atoms with E-state index in [1.54, 1.807) is 29.9 Å². The smallest absolute Gasteiger partial charge is 0.295 e. The maximum absolute atomic E-state index is 12.1. The first-order valence-corrected chi connectivity index (χ1v) is 7.42. The van der Waals surface area contributed by atoms with Crippen LogP contribution in [0.15, 0.2) is 51.6 Å². The fourth-order valence-electron chi connectivity index (χ4n) is 2.00. The third-order valence-corrected chi connectivity index (χ3v) is 3.86. The van der Waals surface area contributed by atoms with Crippen LogP contribution in [0.4, 0.5) is 5.82 Å². The Morgan fingerprint density at radius 1 is 1.36 bits per heavy atom. The molecule has 0 atom stereocenters. The molecule has 22 heavy (non-hydrogen) atoms. The lowest BCUT2D eigenvalue weighted by atomic mass is 10.2. The van der Waals surface area contributed by atoms with E-state index >= 15 is 0 Å². The summed E-state index contributed by atoms with van der Waals surface area (Å²) in [6, 6.07) is 11.2. The van der Waals surface area contributed by atoms with Crippen LogP contribution < -0.4 is 5.32 Å². The van der Waals surface area contributed by atoms with Crippen molar-refractivity contribution >= 4 is 27.7 Å². The summed E-state index contributed by atoms with van der Waals surface area (Å²) in [6.07, 6.45) is 1.64. The Morgan fingerprint density at radius 2 is 2.18 bits per heavy atom. The number of aryl methyl sites for hydroxylation is 1. The molecule has 1 amide bonds. The molecule has 0 aliphatic carbocycles. The molecule has 7 heteroatoms. The molecule has 112 valence electrons. The van der Waals surface area contributed by atoms with Crippen LogP contribution in [0.25, 0.3) is 0 Å². The minimum Gasteiger partial charge on any atom is -0.351 e. The zero-order valence-electron chi connectivity index (χ0n) is 11.8.